The second-order valence-electron chi connectivity index (χ2n) is 4.19. The van der Waals surface area contributed by atoms with Gasteiger partial charge in [-0.05, 0) is 24.3 Å². The molecule has 1 rings (SSSR count). The summed E-state index contributed by atoms with van der Waals surface area (Å²) in [6, 6.07) is 5.73. The van der Waals surface area contributed by atoms with Crippen LogP contribution >= 0.6 is 0 Å². The Bertz CT molecular complexity index is 471. The van der Waals surface area contributed by atoms with Gasteiger partial charge < -0.3 is 14.7 Å². The van der Waals surface area contributed by atoms with E-state index >= 15 is 0 Å². The third kappa shape index (κ3) is 5.86. The minimum atomic E-state index is -4.52. The fourth-order valence-corrected chi connectivity index (χ4v) is 1.62. The summed E-state index contributed by atoms with van der Waals surface area (Å²) in [6.45, 7) is 1.45. The molecule has 0 saturated carbocycles. The van der Waals surface area contributed by atoms with E-state index in [1.165, 1.54) is 24.3 Å². The van der Waals surface area contributed by atoms with Crippen molar-refractivity contribution in [2.24, 2.45) is 0 Å². The molecule has 1 aromatic carbocycles. The molecule has 1 aromatic rings. The number of halogens is 3. The average molecular weight is 303 g/mol. The Hall–Kier alpha value is -2.02. The van der Waals surface area contributed by atoms with Crippen LogP contribution in [0.25, 0.3) is 0 Å². The van der Waals surface area contributed by atoms with E-state index in [1.807, 2.05) is 0 Å². The molecule has 1 N–H and O–H groups in total. The van der Waals surface area contributed by atoms with Crippen molar-refractivity contribution in [1.29, 1.82) is 0 Å². The van der Waals surface area contributed by atoms with Gasteiger partial charge in [-0.2, -0.15) is 13.2 Å². The zero-order valence-electron chi connectivity index (χ0n) is 11.3. The highest BCUT2D eigenvalue weighted by molar-refractivity contribution is 5.94. The molecule has 0 atom stereocenters. The number of carbonyl (C=O) groups is 1. The first-order valence-electron chi connectivity index (χ1n) is 6.18. The van der Waals surface area contributed by atoms with Gasteiger partial charge in [0.15, 0.2) is 0 Å². The summed E-state index contributed by atoms with van der Waals surface area (Å²) in [4.78, 5) is 12.6. The maximum Gasteiger partial charge on any atom is 0.406 e. The molecule has 0 aliphatic carbocycles. The SMILES string of the molecule is C=CCOc1ccc(C(=O)N(CCO)CC(F)(F)F)cc1. The average Bonchev–Trinajstić information content (AvgIpc) is 2.43. The van der Waals surface area contributed by atoms with Crippen LogP contribution in [0.3, 0.4) is 0 Å². The summed E-state index contributed by atoms with van der Waals surface area (Å²) in [5, 5.41) is 8.78. The van der Waals surface area contributed by atoms with Gasteiger partial charge in [-0.1, -0.05) is 12.7 Å². The maximum atomic E-state index is 12.4. The molecular formula is C14H16F3NO3. The van der Waals surface area contributed by atoms with Crippen LogP contribution in [-0.2, 0) is 0 Å². The smallest absolute Gasteiger partial charge is 0.406 e. The Labute approximate surface area is 120 Å². The molecule has 0 aromatic heterocycles. The fraction of sp³-hybridized carbons (Fsp3) is 0.357. The van der Waals surface area contributed by atoms with E-state index in [2.05, 4.69) is 6.58 Å². The summed E-state index contributed by atoms with van der Waals surface area (Å²) in [5.74, 6) is -0.312. The summed E-state index contributed by atoms with van der Waals surface area (Å²) in [6.07, 6.45) is -2.97. The number of hydrogen-bond acceptors (Lipinski definition) is 3. The lowest BCUT2D eigenvalue weighted by Gasteiger charge is -2.23. The van der Waals surface area contributed by atoms with E-state index in [0.29, 0.717) is 10.6 Å². The van der Waals surface area contributed by atoms with Gasteiger partial charge in [-0.15, -0.1) is 0 Å². The molecule has 7 heteroatoms. The second kappa shape index (κ2) is 7.68. The van der Waals surface area contributed by atoms with Crippen molar-refractivity contribution in [3.05, 3.63) is 42.5 Å². The molecule has 0 radical (unpaired) electrons. The van der Waals surface area contributed by atoms with Gasteiger partial charge in [0.1, 0.15) is 18.9 Å². The third-order valence-electron chi connectivity index (χ3n) is 2.50. The van der Waals surface area contributed by atoms with E-state index in [1.54, 1.807) is 6.08 Å². The molecule has 0 heterocycles. The highest BCUT2D eigenvalue weighted by Crippen LogP contribution is 2.19. The Morgan fingerprint density at radius 3 is 2.43 bits per heavy atom. The maximum absolute atomic E-state index is 12.4. The van der Waals surface area contributed by atoms with Crippen LogP contribution in [0.2, 0.25) is 0 Å². The number of ether oxygens (including phenoxy) is 1. The van der Waals surface area contributed by atoms with Crippen LogP contribution in [-0.4, -0.2) is 48.4 Å². The van der Waals surface area contributed by atoms with Crippen molar-refractivity contribution < 1.29 is 27.8 Å². The van der Waals surface area contributed by atoms with Gasteiger partial charge in [0.2, 0.25) is 0 Å². The molecule has 0 bridgehead atoms. The van der Waals surface area contributed by atoms with Gasteiger partial charge in [0.25, 0.3) is 5.91 Å². The first-order chi connectivity index (χ1) is 9.87. The van der Waals surface area contributed by atoms with Gasteiger partial charge in [0.05, 0.1) is 6.61 Å². The summed E-state index contributed by atoms with van der Waals surface area (Å²) in [5.41, 5.74) is 0.0960. The van der Waals surface area contributed by atoms with E-state index in [0.717, 1.165) is 0 Å². The van der Waals surface area contributed by atoms with E-state index in [4.69, 9.17) is 9.84 Å². The number of amides is 1. The van der Waals surface area contributed by atoms with Crippen molar-refractivity contribution in [1.82, 2.24) is 4.90 Å². The van der Waals surface area contributed by atoms with Gasteiger partial charge in [0, 0.05) is 12.1 Å². The Morgan fingerprint density at radius 2 is 1.95 bits per heavy atom. The third-order valence-corrected chi connectivity index (χ3v) is 2.50. The number of rotatable bonds is 7. The van der Waals surface area contributed by atoms with Crippen LogP contribution in [0.4, 0.5) is 13.2 Å². The number of alkyl halides is 3. The lowest BCUT2D eigenvalue weighted by molar-refractivity contribution is -0.141. The zero-order chi connectivity index (χ0) is 15.9. The van der Waals surface area contributed by atoms with Gasteiger partial charge in [-0.25, -0.2) is 0 Å². The molecule has 21 heavy (non-hydrogen) atoms. The van der Waals surface area contributed by atoms with Crippen molar-refractivity contribution in [2.75, 3.05) is 26.3 Å². The number of hydrogen-bond donors (Lipinski definition) is 1. The lowest BCUT2D eigenvalue weighted by atomic mass is 10.2. The van der Waals surface area contributed by atoms with E-state index in [9.17, 15) is 18.0 Å². The molecule has 0 aliphatic rings. The van der Waals surface area contributed by atoms with Crippen molar-refractivity contribution in [3.63, 3.8) is 0 Å². The predicted molar refractivity (Wildman–Crippen MR) is 71.2 cm³/mol. The van der Waals surface area contributed by atoms with Crippen LogP contribution in [0, 0.1) is 0 Å². The van der Waals surface area contributed by atoms with Gasteiger partial charge >= 0.3 is 6.18 Å². The molecule has 1 amide bonds. The molecule has 0 aliphatic heterocycles. The van der Waals surface area contributed by atoms with Crippen LogP contribution < -0.4 is 4.74 Å². The van der Waals surface area contributed by atoms with E-state index in [-0.39, 0.29) is 18.7 Å². The largest absolute Gasteiger partial charge is 0.490 e. The normalized spacial score (nSPS) is 11.0. The lowest BCUT2D eigenvalue weighted by Crippen LogP contribution is -2.40. The number of aliphatic hydroxyl groups excluding tert-OH is 1. The molecule has 116 valence electrons. The van der Waals surface area contributed by atoms with E-state index < -0.39 is 25.2 Å². The predicted octanol–water partition coefficient (Wildman–Crippen LogP) is 2.25. The van der Waals surface area contributed by atoms with Crippen molar-refractivity contribution >= 4 is 5.91 Å². The molecule has 4 nitrogen and oxygen atoms in total. The minimum Gasteiger partial charge on any atom is -0.490 e. The van der Waals surface area contributed by atoms with Crippen molar-refractivity contribution in [3.8, 4) is 5.75 Å². The van der Waals surface area contributed by atoms with Crippen LogP contribution in [0.1, 0.15) is 10.4 Å². The minimum absolute atomic E-state index is 0.0960. The van der Waals surface area contributed by atoms with Gasteiger partial charge in [-0.3, -0.25) is 4.79 Å². The number of benzene rings is 1. The van der Waals surface area contributed by atoms with Crippen LogP contribution in [0.5, 0.6) is 5.75 Å². The number of aliphatic hydroxyl groups is 1. The Kier molecular flexibility index (Phi) is 6.23. The summed E-state index contributed by atoms with van der Waals surface area (Å²) in [7, 11) is 0. The first kappa shape index (κ1) is 17.0. The zero-order valence-corrected chi connectivity index (χ0v) is 11.3. The van der Waals surface area contributed by atoms with Crippen molar-refractivity contribution in [2.45, 2.75) is 6.18 Å². The standard InChI is InChI=1S/C14H16F3NO3/c1-2-9-21-12-5-3-11(4-6-12)13(20)18(7-8-19)10-14(15,16)17/h2-6,19H,1,7-10H2. The quantitative estimate of drug-likeness (QED) is 0.786. The fourth-order valence-electron chi connectivity index (χ4n) is 1.62. The highest BCUT2D eigenvalue weighted by atomic mass is 19.4. The topological polar surface area (TPSA) is 49.8 Å². The summed E-state index contributed by atoms with van der Waals surface area (Å²) >= 11 is 0. The Morgan fingerprint density at radius 1 is 1.33 bits per heavy atom. The summed E-state index contributed by atoms with van der Waals surface area (Å²) < 4.78 is 42.4. The molecule has 0 saturated heterocycles. The highest BCUT2D eigenvalue weighted by Gasteiger charge is 2.33. The monoisotopic (exact) mass is 303 g/mol. The molecule has 0 unspecified atom stereocenters. The van der Waals surface area contributed by atoms with Crippen LogP contribution in [0.15, 0.2) is 36.9 Å². The molecular weight excluding hydrogens is 287 g/mol. The molecule has 0 spiro atoms. The second-order valence-corrected chi connectivity index (χ2v) is 4.19. The number of nitrogens with zero attached hydrogens (tertiary/aromatic N) is 1. The molecule has 0 fully saturated rings. The number of carbonyl (C=O) groups excluding carboxylic acids is 1. The first-order valence-corrected chi connectivity index (χ1v) is 6.18. The Balaban J connectivity index is 2.80.